The van der Waals surface area contributed by atoms with Gasteiger partial charge in [-0.3, -0.25) is 0 Å². The Morgan fingerprint density at radius 2 is 1.12 bits per heavy atom. The second-order valence-corrected chi connectivity index (χ2v) is 10.2. The molecule has 4 aliphatic carbocycles. The average molecular weight is 524 g/mol. The predicted molar refractivity (Wildman–Crippen MR) is 92.3 cm³/mol. The molecule has 4 rings (SSSR count). The lowest BCUT2D eigenvalue weighted by Crippen LogP contribution is -2.78. The van der Waals surface area contributed by atoms with Gasteiger partial charge in [-0.05, 0) is 63.7 Å². The first-order valence-corrected chi connectivity index (χ1v) is 10.7. The van der Waals surface area contributed by atoms with Gasteiger partial charge in [-0.1, -0.05) is 6.92 Å². The Hall–Kier alpha value is -0.920. The van der Waals surface area contributed by atoms with Gasteiger partial charge in [0.25, 0.3) is 11.2 Å². The molecule has 0 radical (unpaired) electrons. The summed E-state index contributed by atoms with van der Waals surface area (Å²) in [6.45, 7) is 2.15. The summed E-state index contributed by atoms with van der Waals surface area (Å²) in [7, 11) is 0. The van der Waals surface area contributed by atoms with Gasteiger partial charge >= 0.3 is 24.7 Å². The van der Waals surface area contributed by atoms with Gasteiger partial charge in [0.2, 0.25) is 0 Å². The predicted octanol–water partition coefficient (Wildman–Crippen LogP) is 7.11. The van der Waals surface area contributed by atoms with Gasteiger partial charge in [0.1, 0.15) is 0 Å². The highest BCUT2D eigenvalue weighted by molar-refractivity contribution is 5.24. The molecule has 4 saturated carbocycles. The molecule has 0 aromatic carbocycles. The van der Waals surface area contributed by atoms with Crippen molar-refractivity contribution in [1.29, 1.82) is 0 Å². The smallest absolute Gasteiger partial charge is 0.373 e. The average Bonchev–Trinajstić information content (AvgIpc) is 2.59. The van der Waals surface area contributed by atoms with E-state index in [1.807, 2.05) is 0 Å². The molecule has 3 atom stereocenters. The van der Waals surface area contributed by atoms with Crippen molar-refractivity contribution in [2.45, 2.75) is 101 Å². The molecule has 3 unspecified atom stereocenters. The minimum atomic E-state index is -6.38. The maximum Gasteiger partial charge on any atom is 0.427 e. The summed E-state index contributed by atoms with van der Waals surface area (Å²) in [5.41, 5.74) is -16.9. The summed E-state index contributed by atoms with van der Waals surface area (Å²) >= 11 is 0. The summed E-state index contributed by atoms with van der Waals surface area (Å²) in [4.78, 5) is 0. The standard InChI is InChI=1S/C20H24F12O2/c1-3-10(2)34-16(19(27,28)29,20(30,31)32)14-7-11-4-12(8-14)6-13(5-11,9-14)15(33,17(21,22)23)18(24,25)26/h10-12,33H,3-9H2,1-2H3. The first kappa shape index (κ1) is 27.7. The fourth-order valence-corrected chi connectivity index (χ4v) is 7.27. The monoisotopic (exact) mass is 524 g/mol. The van der Waals surface area contributed by atoms with Gasteiger partial charge in [0, 0.05) is 10.8 Å². The van der Waals surface area contributed by atoms with Crippen molar-refractivity contribution in [3.05, 3.63) is 0 Å². The van der Waals surface area contributed by atoms with E-state index in [1.165, 1.54) is 6.92 Å². The summed E-state index contributed by atoms with van der Waals surface area (Å²) in [6.07, 6.45) is -32.8. The van der Waals surface area contributed by atoms with Crippen molar-refractivity contribution in [1.82, 2.24) is 0 Å². The summed E-state index contributed by atoms with van der Waals surface area (Å²) < 4.78 is 174. The lowest BCUT2D eigenvalue weighted by Gasteiger charge is -2.69. The molecular weight excluding hydrogens is 500 g/mol. The minimum absolute atomic E-state index is 0.121. The van der Waals surface area contributed by atoms with Crippen LogP contribution in [0, 0.1) is 22.7 Å². The first-order valence-electron chi connectivity index (χ1n) is 10.7. The molecule has 0 saturated heterocycles. The highest BCUT2D eigenvalue weighted by Crippen LogP contribution is 2.77. The van der Waals surface area contributed by atoms with Crippen LogP contribution in [0.25, 0.3) is 0 Å². The fourth-order valence-electron chi connectivity index (χ4n) is 7.27. The van der Waals surface area contributed by atoms with Gasteiger partial charge in [-0.2, -0.15) is 52.7 Å². The number of alkyl halides is 12. The van der Waals surface area contributed by atoms with E-state index in [0.29, 0.717) is 0 Å². The molecular formula is C20H24F12O2. The molecule has 2 nitrogen and oxygen atoms in total. The van der Waals surface area contributed by atoms with Crippen LogP contribution in [-0.4, -0.2) is 47.1 Å². The van der Waals surface area contributed by atoms with Crippen molar-refractivity contribution < 1.29 is 62.5 Å². The van der Waals surface area contributed by atoms with Crippen LogP contribution in [0.1, 0.15) is 58.8 Å². The third kappa shape index (κ3) is 3.47. The number of aliphatic hydroxyl groups is 1. The maximum atomic E-state index is 14.4. The van der Waals surface area contributed by atoms with Crippen LogP contribution in [0.15, 0.2) is 0 Å². The van der Waals surface area contributed by atoms with Gasteiger partial charge in [-0.15, -0.1) is 0 Å². The minimum Gasteiger partial charge on any atom is -0.373 e. The van der Waals surface area contributed by atoms with Crippen molar-refractivity contribution in [3.63, 3.8) is 0 Å². The quantitative estimate of drug-likeness (QED) is 0.389. The molecule has 0 spiro atoms. The Balaban J connectivity index is 2.32. The number of halogens is 12. The largest absolute Gasteiger partial charge is 0.427 e. The molecule has 34 heavy (non-hydrogen) atoms. The zero-order valence-corrected chi connectivity index (χ0v) is 18.1. The van der Waals surface area contributed by atoms with Crippen LogP contribution in [0.4, 0.5) is 52.7 Å². The molecule has 200 valence electrons. The van der Waals surface area contributed by atoms with Gasteiger partial charge in [0.05, 0.1) is 6.10 Å². The van der Waals surface area contributed by atoms with Crippen LogP contribution >= 0.6 is 0 Å². The number of hydrogen-bond acceptors (Lipinski definition) is 2. The van der Waals surface area contributed by atoms with E-state index in [-0.39, 0.29) is 12.8 Å². The molecule has 0 aliphatic heterocycles. The molecule has 0 amide bonds. The van der Waals surface area contributed by atoms with Crippen molar-refractivity contribution in [2.75, 3.05) is 0 Å². The zero-order valence-electron chi connectivity index (χ0n) is 18.1. The lowest BCUT2D eigenvalue weighted by atomic mass is 9.37. The summed E-state index contributed by atoms with van der Waals surface area (Å²) in [5, 5.41) is 10.2. The van der Waals surface area contributed by atoms with Crippen LogP contribution < -0.4 is 0 Å². The maximum absolute atomic E-state index is 14.4. The van der Waals surface area contributed by atoms with Crippen molar-refractivity contribution in [2.24, 2.45) is 22.7 Å². The van der Waals surface area contributed by atoms with Crippen molar-refractivity contribution in [3.8, 4) is 0 Å². The third-order valence-corrected chi connectivity index (χ3v) is 8.15. The second-order valence-electron chi connectivity index (χ2n) is 10.2. The Bertz CT molecular complexity index is 736. The van der Waals surface area contributed by atoms with E-state index in [1.54, 1.807) is 0 Å². The second kappa shape index (κ2) is 7.55. The SMILES string of the molecule is CCC(C)OC(C(F)(F)F)(C(F)(F)F)C12CC3CC(CC(C(O)(C(F)(F)F)C(F)(F)F)(C3)C1)C2. The molecule has 4 aliphatic rings. The highest BCUT2D eigenvalue weighted by atomic mass is 19.4. The normalized spacial score (nSPS) is 34.0. The van der Waals surface area contributed by atoms with E-state index in [2.05, 4.69) is 4.74 Å². The fraction of sp³-hybridized carbons (Fsp3) is 1.00. The van der Waals surface area contributed by atoms with Crippen molar-refractivity contribution >= 4 is 0 Å². The van der Waals surface area contributed by atoms with Crippen LogP contribution in [-0.2, 0) is 4.74 Å². The molecule has 4 fully saturated rings. The molecule has 4 bridgehead atoms. The molecule has 14 heteroatoms. The van der Waals surface area contributed by atoms with Gasteiger partial charge in [-0.25, -0.2) is 0 Å². The van der Waals surface area contributed by atoms with E-state index in [4.69, 9.17) is 0 Å². The Morgan fingerprint density at radius 3 is 1.44 bits per heavy atom. The van der Waals surface area contributed by atoms with E-state index < -0.39 is 96.8 Å². The Kier molecular flexibility index (Phi) is 6.14. The third-order valence-electron chi connectivity index (χ3n) is 8.15. The molecule has 0 aromatic rings. The van der Waals surface area contributed by atoms with E-state index >= 15 is 0 Å². The molecule has 0 aromatic heterocycles. The lowest BCUT2D eigenvalue weighted by molar-refractivity contribution is -0.459. The topological polar surface area (TPSA) is 29.5 Å². The first-order chi connectivity index (χ1) is 15.0. The molecule has 1 N–H and O–H groups in total. The summed E-state index contributed by atoms with van der Waals surface area (Å²) in [5.74, 6) is -2.61. The van der Waals surface area contributed by atoms with Gasteiger partial charge < -0.3 is 9.84 Å². The van der Waals surface area contributed by atoms with Crippen LogP contribution in [0.3, 0.4) is 0 Å². The van der Waals surface area contributed by atoms with E-state index in [0.717, 1.165) is 6.92 Å². The number of hydrogen-bond donors (Lipinski definition) is 1. The number of ether oxygens (including phenoxy) is 1. The Labute approximate surface area is 187 Å². The molecule has 0 heterocycles. The Morgan fingerprint density at radius 1 is 0.735 bits per heavy atom. The van der Waals surface area contributed by atoms with Crippen LogP contribution in [0.5, 0.6) is 0 Å². The van der Waals surface area contributed by atoms with Crippen LogP contribution in [0.2, 0.25) is 0 Å². The summed E-state index contributed by atoms with van der Waals surface area (Å²) in [6, 6.07) is 0. The highest BCUT2D eigenvalue weighted by Gasteiger charge is 2.88. The van der Waals surface area contributed by atoms with E-state index in [9.17, 15) is 57.8 Å². The zero-order chi connectivity index (χ0) is 26.4. The van der Waals surface area contributed by atoms with Gasteiger partial charge in [0.15, 0.2) is 0 Å². The number of rotatable bonds is 5.